The van der Waals surface area contributed by atoms with Crippen molar-refractivity contribution in [1.29, 1.82) is 0 Å². The van der Waals surface area contributed by atoms with Crippen LogP contribution in [0.2, 0.25) is 0 Å². The van der Waals surface area contributed by atoms with Gasteiger partial charge < -0.3 is 14.4 Å². The maximum Gasteiger partial charge on any atom is 0.231 e. The van der Waals surface area contributed by atoms with Crippen molar-refractivity contribution in [2.24, 2.45) is 0 Å². The molecule has 30 heavy (non-hydrogen) atoms. The molecule has 3 heterocycles. The monoisotopic (exact) mass is 411 g/mol. The van der Waals surface area contributed by atoms with Crippen molar-refractivity contribution in [1.82, 2.24) is 9.97 Å². The van der Waals surface area contributed by atoms with E-state index in [1.807, 2.05) is 25.2 Å². The summed E-state index contributed by atoms with van der Waals surface area (Å²) >= 11 is 1.71. The molecule has 0 radical (unpaired) electrons. The number of ether oxygens (including phenoxy) is 2. The Morgan fingerprint density at radius 2 is 1.73 bits per heavy atom. The lowest BCUT2D eigenvalue weighted by atomic mass is 10.1. The fourth-order valence-corrected chi connectivity index (χ4v) is 4.91. The fourth-order valence-electron chi connectivity index (χ4n) is 3.78. The molecule has 1 aliphatic rings. The minimum atomic E-state index is 0.264. The van der Waals surface area contributed by atoms with Crippen molar-refractivity contribution in [3.05, 3.63) is 73.1 Å². The highest BCUT2D eigenvalue weighted by Crippen LogP contribution is 2.41. The lowest BCUT2D eigenvalue weighted by Crippen LogP contribution is -2.11. The van der Waals surface area contributed by atoms with Crippen molar-refractivity contribution in [3.63, 3.8) is 0 Å². The van der Waals surface area contributed by atoms with Crippen LogP contribution in [0.5, 0.6) is 11.5 Å². The highest BCUT2D eigenvalue weighted by atomic mass is 32.1. The fraction of sp³-hybridized carbons (Fsp3) is 0.0833. The normalized spacial score (nSPS) is 12.6. The third kappa shape index (κ3) is 2.76. The van der Waals surface area contributed by atoms with E-state index in [0.29, 0.717) is 0 Å². The first-order valence-corrected chi connectivity index (χ1v) is 10.4. The molecular weight excluding hydrogens is 394 g/mol. The van der Waals surface area contributed by atoms with E-state index in [-0.39, 0.29) is 6.79 Å². The van der Waals surface area contributed by atoms with E-state index >= 15 is 0 Å². The Bertz CT molecular complexity index is 1410. The second kappa shape index (κ2) is 6.71. The first kappa shape index (κ1) is 17.2. The minimum absolute atomic E-state index is 0.264. The summed E-state index contributed by atoms with van der Waals surface area (Å²) in [6.45, 7) is 0.264. The van der Waals surface area contributed by atoms with Gasteiger partial charge >= 0.3 is 0 Å². The largest absolute Gasteiger partial charge is 0.454 e. The average molecular weight is 411 g/mol. The number of anilines is 2. The Hall–Kier alpha value is -3.64. The third-order valence-corrected chi connectivity index (χ3v) is 6.56. The lowest BCUT2D eigenvalue weighted by Gasteiger charge is -2.19. The van der Waals surface area contributed by atoms with Crippen LogP contribution < -0.4 is 14.4 Å². The Morgan fingerprint density at radius 1 is 0.867 bits per heavy atom. The SMILES string of the molecule is CN(c1ccc2c(c1)OCO2)c1ncnc2cc(-c3ccc4ccccc4c3)sc12. The van der Waals surface area contributed by atoms with Gasteiger partial charge in [-0.05, 0) is 40.6 Å². The van der Waals surface area contributed by atoms with Crippen LogP contribution in [0.15, 0.2) is 73.1 Å². The van der Waals surface area contributed by atoms with Crippen LogP contribution in [-0.2, 0) is 0 Å². The van der Waals surface area contributed by atoms with Crippen LogP contribution >= 0.6 is 11.3 Å². The van der Waals surface area contributed by atoms with E-state index in [4.69, 9.17) is 9.47 Å². The van der Waals surface area contributed by atoms with E-state index in [9.17, 15) is 0 Å². The molecule has 5 aromatic rings. The van der Waals surface area contributed by atoms with Crippen molar-refractivity contribution in [2.75, 3.05) is 18.7 Å². The Labute approximate surface area is 177 Å². The zero-order valence-electron chi connectivity index (χ0n) is 16.2. The van der Waals surface area contributed by atoms with Crippen LogP contribution in [0.25, 0.3) is 31.4 Å². The Morgan fingerprint density at radius 3 is 2.67 bits per heavy atom. The quantitative estimate of drug-likeness (QED) is 0.364. The zero-order chi connectivity index (χ0) is 20.1. The third-order valence-electron chi connectivity index (χ3n) is 5.39. The van der Waals surface area contributed by atoms with Crippen molar-refractivity contribution in [2.45, 2.75) is 0 Å². The van der Waals surface area contributed by atoms with E-state index in [1.165, 1.54) is 21.2 Å². The second-order valence-corrected chi connectivity index (χ2v) is 8.23. The van der Waals surface area contributed by atoms with Gasteiger partial charge in [-0.3, -0.25) is 0 Å². The van der Waals surface area contributed by atoms with Gasteiger partial charge in [0.05, 0.1) is 10.2 Å². The van der Waals surface area contributed by atoms with Gasteiger partial charge in [-0.1, -0.05) is 36.4 Å². The maximum atomic E-state index is 5.53. The molecule has 0 bridgehead atoms. The molecule has 0 aliphatic carbocycles. The molecule has 0 saturated carbocycles. The van der Waals surface area contributed by atoms with E-state index in [1.54, 1.807) is 17.7 Å². The summed E-state index contributed by atoms with van der Waals surface area (Å²) in [5, 5.41) is 2.47. The molecular formula is C24H17N3O2S. The van der Waals surface area contributed by atoms with Gasteiger partial charge in [-0.15, -0.1) is 11.3 Å². The molecule has 0 fully saturated rings. The maximum absolute atomic E-state index is 5.53. The number of fused-ring (bicyclic) bond motifs is 3. The summed E-state index contributed by atoms with van der Waals surface area (Å²) in [4.78, 5) is 12.3. The summed E-state index contributed by atoms with van der Waals surface area (Å²) in [6, 6.07) is 23.0. The summed E-state index contributed by atoms with van der Waals surface area (Å²) < 4.78 is 12.0. The highest BCUT2D eigenvalue weighted by Gasteiger charge is 2.18. The molecule has 6 heteroatoms. The number of benzene rings is 3. The Kier molecular flexibility index (Phi) is 3.86. The molecule has 0 unspecified atom stereocenters. The summed E-state index contributed by atoms with van der Waals surface area (Å²) in [5.74, 6) is 2.40. The first-order valence-electron chi connectivity index (χ1n) is 9.63. The number of thiophene rings is 1. The molecule has 1 aliphatic heterocycles. The van der Waals surface area contributed by atoms with Crippen LogP contribution in [0.3, 0.4) is 0 Å². The molecule has 2 aromatic heterocycles. The van der Waals surface area contributed by atoms with Crippen LogP contribution in [0.4, 0.5) is 11.5 Å². The molecule has 0 amide bonds. The first-order chi connectivity index (χ1) is 14.8. The van der Waals surface area contributed by atoms with Crippen LogP contribution in [0, 0.1) is 0 Å². The van der Waals surface area contributed by atoms with Crippen LogP contribution in [0.1, 0.15) is 0 Å². The lowest BCUT2D eigenvalue weighted by molar-refractivity contribution is 0.174. The van der Waals surface area contributed by atoms with Gasteiger partial charge in [0.25, 0.3) is 0 Å². The van der Waals surface area contributed by atoms with E-state index in [0.717, 1.165) is 33.2 Å². The number of hydrogen-bond donors (Lipinski definition) is 0. The molecule has 5 nitrogen and oxygen atoms in total. The summed E-state index contributed by atoms with van der Waals surface area (Å²) in [6.07, 6.45) is 1.62. The highest BCUT2D eigenvalue weighted by molar-refractivity contribution is 7.22. The summed E-state index contributed by atoms with van der Waals surface area (Å²) in [7, 11) is 2.01. The summed E-state index contributed by atoms with van der Waals surface area (Å²) in [5.41, 5.74) is 3.12. The molecule has 146 valence electrons. The smallest absolute Gasteiger partial charge is 0.231 e. The van der Waals surface area contributed by atoms with Gasteiger partial charge in [0.1, 0.15) is 6.33 Å². The topological polar surface area (TPSA) is 47.5 Å². The molecule has 6 rings (SSSR count). The standard InChI is InChI=1S/C24H17N3O2S/c1-27(18-8-9-20-21(11-18)29-14-28-20)24-23-19(25-13-26-24)12-22(30-23)17-7-6-15-4-2-3-5-16(15)10-17/h2-13H,14H2,1H3. The van der Waals surface area contributed by atoms with Crippen LogP contribution in [-0.4, -0.2) is 23.8 Å². The van der Waals surface area contributed by atoms with Gasteiger partial charge in [-0.2, -0.15) is 0 Å². The van der Waals surface area contributed by atoms with E-state index in [2.05, 4.69) is 63.4 Å². The Balaban J connectivity index is 1.44. The van der Waals surface area contributed by atoms with Gasteiger partial charge in [0.2, 0.25) is 6.79 Å². The number of hydrogen-bond acceptors (Lipinski definition) is 6. The van der Waals surface area contributed by atoms with Crippen molar-refractivity contribution < 1.29 is 9.47 Å². The van der Waals surface area contributed by atoms with Crippen molar-refractivity contribution in [3.8, 4) is 21.9 Å². The minimum Gasteiger partial charge on any atom is -0.454 e. The molecule has 0 saturated heterocycles. The molecule has 3 aromatic carbocycles. The van der Waals surface area contributed by atoms with Gasteiger partial charge in [0, 0.05) is 23.7 Å². The predicted octanol–water partition coefficient (Wildman–Crippen LogP) is 6.01. The van der Waals surface area contributed by atoms with Crippen molar-refractivity contribution >= 4 is 43.8 Å². The molecule has 0 spiro atoms. The zero-order valence-corrected chi connectivity index (χ0v) is 17.0. The number of aromatic nitrogens is 2. The molecule has 0 N–H and O–H groups in total. The second-order valence-electron chi connectivity index (χ2n) is 7.18. The van der Waals surface area contributed by atoms with Gasteiger partial charge in [-0.25, -0.2) is 9.97 Å². The predicted molar refractivity (Wildman–Crippen MR) is 121 cm³/mol. The molecule has 0 atom stereocenters. The average Bonchev–Trinajstić information content (AvgIpc) is 3.44. The number of nitrogens with zero attached hydrogens (tertiary/aromatic N) is 3. The van der Waals surface area contributed by atoms with Gasteiger partial charge in [0.15, 0.2) is 17.3 Å². The van der Waals surface area contributed by atoms with E-state index < -0.39 is 0 Å². The number of rotatable bonds is 3.